The number of sulfonamides is 1. The Morgan fingerprint density at radius 3 is 1.09 bits per heavy atom. The fourth-order valence-electron chi connectivity index (χ4n) is 13.1. The molecular formula is C74H138NO4P11S5. The summed E-state index contributed by atoms with van der Waals surface area (Å²) < 4.78 is 46.1. The maximum Gasteiger partial charge on any atom is 0.265 e. The Hall–Kier alpha value is 2.88. The number of fused-ring (bicyclic) bond motifs is 3. The summed E-state index contributed by atoms with van der Waals surface area (Å²) in [5.41, 5.74) is 0.907. The van der Waals surface area contributed by atoms with Crippen molar-refractivity contribution in [3.63, 3.8) is 0 Å². The largest absolute Gasteiger partial charge is 0.492 e. The van der Waals surface area contributed by atoms with E-state index in [9.17, 15) is 0 Å². The Bertz CT molecular complexity index is 2620. The summed E-state index contributed by atoms with van der Waals surface area (Å²) >= 11 is 6.98. The van der Waals surface area contributed by atoms with E-state index in [2.05, 4.69) is 113 Å². The van der Waals surface area contributed by atoms with Gasteiger partial charge in [0.2, 0.25) is 0 Å². The van der Waals surface area contributed by atoms with Crippen LogP contribution in [-0.2, 0) is 10.0 Å². The third kappa shape index (κ3) is 37.3. The molecule has 1 aliphatic heterocycles. The lowest BCUT2D eigenvalue weighted by Gasteiger charge is -2.32. The maximum absolute atomic E-state index is 15.3. The van der Waals surface area contributed by atoms with E-state index in [1.54, 1.807) is 45.3 Å². The Kier molecular flexibility index (Phi) is 54.3. The second-order valence-electron chi connectivity index (χ2n) is 27.3. The average molecular weight is 1610 g/mol. The zero-order valence-corrected chi connectivity index (χ0v) is 76.4. The van der Waals surface area contributed by atoms with Crippen LogP contribution in [0.2, 0.25) is 0 Å². The normalized spacial score (nSPS) is 13.6. The summed E-state index contributed by atoms with van der Waals surface area (Å²) in [4.78, 5) is 9.28. The molecule has 5 nitrogen and oxygen atoms in total. The lowest BCUT2D eigenvalue weighted by atomic mass is 9.93. The molecule has 0 radical (unpaired) electrons. The van der Waals surface area contributed by atoms with E-state index < -0.39 is 10.0 Å². The summed E-state index contributed by atoms with van der Waals surface area (Å²) in [6.07, 6.45) is 63.3. The quantitative estimate of drug-likeness (QED) is 0.0327. The van der Waals surface area contributed by atoms with Crippen LogP contribution in [-0.4, -0.2) is 28.2 Å². The molecule has 0 bridgehead atoms. The average Bonchev–Trinajstić information content (AvgIpc) is 1.60. The molecule has 21 heteroatoms. The first-order valence-corrected chi connectivity index (χ1v) is 62.3. The molecule has 4 aromatic heterocycles. The highest BCUT2D eigenvalue weighted by atomic mass is 33.2. The van der Waals surface area contributed by atoms with Gasteiger partial charge in [-0.15, -0.1) is 98.9 Å². The first-order chi connectivity index (χ1) is 46.2. The fourth-order valence-corrected chi connectivity index (χ4v) is 115. The van der Waals surface area contributed by atoms with Crippen molar-refractivity contribution in [2.45, 2.75) is 355 Å². The maximum atomic E-state index is 15.3. The van der Waals surface area contributed by atoms with Gasteiger partial charge in [0.1, 0.15) is 16.4 Å². The minimum Gasteiger partial charge on any atom is -0.492 e. The first kappa shape index (κ1) is 90.3. The van der Waals surface area contributed by atoms with E-state index in [0.717, 1.165) is 86.7 Å². The summed E-state index contributed by atoms with van der Waals surface area (Å²) in [6, 6.07) is 8.64. The molecule has 0 aromatic carbocycles. The lowest BCUT2D eigenvalue weighted by Crippen LogP contribution is -2.37. The molecule has 0 fully saturated rings. The van der Waals surface area contributed by atoms with E-state index in [1.807, 2.05) is 10.4 Å². The third-order valence-electron chi connectivity index (χ3n) is 18.6. The van der Waals surface area contributed by atoms with Crippen LogP contribution >= 0.6 is 135 Å². The molecule has 5 heterocycles. The fraction of sp³-hybridized carbons (Fsp3) is 0.784. The van der Waals surface area contributed by atoms with Crippen molar-refractivity contribution in [2.75, 3.05) is 24.1 Å². The molecule has 0 spiro atoms. The highest BCUT2D eigenvalue weighted by Gasteiger charge is 2.40. The molecule has 9 unspecified atom stereocenters. The number of aryl methyl sites for hydroxylation is 2. The highest BCUT2D eigenvalue weighted by Crippen LogP contribution is 3.12. The van der Waals surface area contributed by atoms with Crippen LogP contribution in [0.4, 0.5) is 5.69 Å². The summed E-state index contributed by atoms with van der Waals surface area (Å²) in [5, 5.41) is 0. The van der Waals surface area contributed by atoms with E-state index in [-0.39, 0.29) is 27.9 Å². The molecule has 0 saturated carbocycles. The van der Waals surface area contributed by atoms with Crippen molar-refractivity contribution in [3.8, 4) is 40.8 Å². The zero-order valence-electron chi connectivity index (χ0n) is 60.8. The summed E-state index contributed by atoms with van der Waals surface area (Å²) in [7, 11) is 15.1. The van der Waals surface area contributed by atoms with Gasteiger partial charge in [0.25, 0.3) is 10.0 Å². The Morgan fingerprint density at radius 1 is 0.411 bits per heavy atom. The molecule has 0 N–H and O–H groups in total. The molecule has 548 valence electrons. The van der Waals surface area contributed by atoms with Crippen molar-refractivity contribution < 1.29 is 17.9 Å². The van der Waals surface area contributed by atoms with E-state index in [1.165, 1.54) is 292 Å². The van der Waals surface area contributed by atoms with Crippen LogP contribution in [0.25, 0.3) is 29.3 Å². The van der Waals surface area contributed by atoms with Gasteiger partial charge >= 0.3 is 0 Å². The van der Waals surface area contributed by atoms with Crippen LogP contribution in [0.5, 0.6) is 11.5 Å². The second kappa shape index (κ2) is 57.1. The van der Waals surface area contributed by atoms with Gasteiger partial charge in [0, 0.05) is 32.1 Å². The number of anilines is 1. The van der Waals surface area contributed by atoms with Crippen molar-refractivity contribution in [2.24, 2.45) is 5.92 Å². The van der Waals surface area contributed by atoms with Gasteiger partial charge in [0.05, 0.1) is 38.4 Å². The number of hydrogen-bond acceptors (Lipinski definition) is 8. The van der Waals surface area contributed by atoms with Crippen molar-refractivity contribution in [1.29, 1.82) is 0 Å². The molecule has 5 rings (SSSR count). The number of nitrogens with zero attached hydrogens (tertiary/aromatic N) is 1. The van der Waals surface area contributed by atoms with Crippen LogP contribution in [0.3, 0.4) is 0 Å². The zero-order chi connectivity index (χ0) is 68.7. The number of ether oxygens (including phenoxy) is 2. The number of thiophene rings is 4. The first-order valence-electron chi connectivity index (χ1n) is 38.4. The van der Waals surface area contributed by atoms with E-state index in [0.29, 0.717) is 24.0 Å². The molecule has 0 aliphatic carbocycles. The SMILES string of the molecule is CCCCCCCCCCCCCCCCC(CCCCCCCCCCCCCC)CN1c2cc(C)sc2-c2sc(-c3cc(OCCCCCCCCCCCC)c(-c4sc(C)cc4OCCCCCCCCCCCC)s3)cc2S1(=O)=O.PPP(P)P(P(P)P)P(P)P. The second-order valence-corrected chi connectivity index (χ2v) is 72.8. The van der Waals surface area contributed by atoms with Crippen molar-refractivity contribution in [3.05, 3.63) is 34.0 Å². The topological polar surface area (TPSA) is 55.8 Å². The van der Waals surface area contributed by atoms with E-state index >= 15 is 8.42 Å². The summed E-state index contributed by atoms with van der Waals surface area (Å²) in [6.45, 7) is 16.3. The van der Waals surface area contributed by atoms with Gasteiger partial charge in [-0.05, 0) is 91.6 Å². The molecule has 1 aliphatic rings. The van der Waals surface area contributed by atoms with Gasteiger partial charge < -0.3 is 9.47 Å². The van der Waals surface area contributed by atoms with Crippen LogP contribution in [0.1, 0.15) is 346 Å². The molecule has 0 amide bonds. The Balaban J connectivity index is 0.00000159. The van der Waals surface area contributed by atoms with Gasteiger partial charge in [-0.3, -0.25) is 4.31 Å². The molecule has 4 aromatic rings. The number of hydrogen-bond donors (Lipinski definition) is 0. The Morgan fingerprint density at radius 2 is 0.726 bits per heavy atom. The molecule has 95 heavy (non-hydrogen) atoms. The van der Waals surface area contributed by atoms with E-state index in [4.69, 9.17) is 9.47 Å². The molecule has 9 atom stereocenters. The van der Waals surface area contributed by atoms with Crippen molar-refractivity contribution in [1.82, 2.24) is 0 Å². The molecule has 0 saturated heterocycles. The van der Waals surface area contributed by atoms with Crippen LogP contribution in [0.15, 0.2) is 29.2 Å². The standard InChI is InChI=1S/C74H125NO4S5.H13P11/c1-7-11-15-19-23-27-31-33-34-36-38-42-46-50-54-64(53-49-45-41-37-35-32-28-24-20-16-12-8-2)61-75-65-57-62(5)80-71(65)74-70(84(75,76)77)60-69(83-74)68-59-67(79-56-52-48-44-40-30-26-22-18-14-10-4)73(82-68)72-66(58-63(6)81-72)78-55-51-47-43-39-29-25-21-17-13-9-3;1-7-10(6)11(8(2)3)9(4)5/h57-60,64H,7-56,61H2,1-6H3;7H,1-6H2. The Labute approximate surface area is 622 Å². The highest BCUT2D eigenvalue weighted by molar-refractivity contribution is 9.18. The number of rotatable bonds is 60. The monoisotopic (exact) mass is 1610 g/mol. The third-order valence-corrected chi connectivity index (χ3v) is 84.5. The van der Waals surface area contributed by atoms with Gasteiger partial charge in [-0.25, -0.2) is 8.42 Å². The van der Waals surface area contributed by atoms with Crippen LogP contribution < -0.4 is 13.8 Å². The predicted molar refractivity (Wildman–Crippen MR) is 471 cm³/mol. The number of unbranched alkanes of at least 4 members (excludes halogenated alkanes) is 42. The lowest BCUT2D eigenvalue weighted by molar-refractivity contribution is 0.303. The van der Waals surface area contributed by atoms with Gasteiger partial charge in [0.15, 0.2) is 0 Å². The minimum atomic E-state index is -3.79. The predicted octanol–water partition coefficient (Wildman–Crippen LogP) is 33.2. The van der Waals surface area contributed by atoms with Crippen molar-refractivity contribution >= 4 is 151 Å². The molecular weight excluding hydrogens is 1470 g/mol. The summed E-state index contributed by atoms with van der Waals surface area (Å²) in [5.74, 6) is 2.21. The smallest absolute Gasteiger partial charge is 0.265 e. The van der Waals surface area contributed by atoms with Gasteiger partial charge in [-0.2, -0.15) is 0 Å². The van der Waals surface area contributed by atoms with Gasteiger partial charge in [-0.1, -0.05) is 318 Å². The minimum absolute atomic E-state index is 0.138. The van der Waals surface area contributed by atoms with Crippen LogP contribution in [0, 0.1) is 19.8 Å².